The fourth-order valence-corrected chi connectivity index (χ4v) is 5.08. The van der Waals surface area contributed by atoms with E-state index in [1.165, 1.54) is 15.9 Å². The molecule has 1 aliphatic carbocycles. The molecule has 0 aliphatic heterocycles. The molecule has 1 aliphatic rings. The number of carbonyl (C=O) groups is 1. The van der Waals surface area contributed by atoms with E-state index in [0.717, 1.165) is 21.8 Å². The molecule has 0 saturated carbocycles. The van der Waals surface area contributed by atoms with Gasteiger partial charge in [-0.3, -0.25) is 10.0 Å². The monoisotopic (exact) mass is 386 g/mol. The third kappa shape index (κ3) is 4.81. The maximum Gasteiger partial charge on any atom is 0.252 e. The van der Waals surface area contributed by atoms with Crippen LogP contribution in [0.4, 0.5) is 0 Å². The zero-order valence-corrected chi connectivity index (χ0v) is 15.3. The van der Waals surface area contributed by atoms with E-state index in [1.54, 1.807) is 11.4 Å². The van der Waals surface area contributed by atoms with Crippen LogP contribution >= 0.6 is 23.6 Å². The minimum absolute atomic E-state index is 0.0114. The van der Waals surface area contributed by atoms with E-state index < -0.39 is 15.9 Å². The Labute approximate surface area is 150 Å². The molecule has 24 heavy (non-hydrogen) atoms. The van der Waals surface area contributed by atoms with Crippen LogP contribution in [0, 0.1) is 0 Å². The molecule has 0 aromatic carbocycles. The largest absolute Gasteiger partial charge is 0.289 e. The van der Waals surface area contributed by atoms with Crippen LogP contribution in [0.5, 0.6) is 0 Å². The highest BCUT2D eigenvalue weighted by molar-refractivity contribution is 7.91. The number of thiocarbonyl (C=S) groups is 1. The molecule has 0 unspecified atom stereocenters. The summed E-state index contributed by atoms with van der Waals surface area (Å²) in [6.45, 7) is 0.210. The standard InChI is InChI=1S/C15H18N2O4S3/c18-14(16-19)8-10-17(24(20,21)15-6-3-11-23-15)9-7-12-4-1-2-5-13(12)22/h1-4,6,11,19H,5,7-10H2,(H,16,18). The van der Waals surface area contributed by atoms with Gasteiger partial charge in [-0.15, -0.1) is 11.3 Å². The van der Waals surface area contributed by atoms with E-state index in [-0.39, 0.29) is 23.7 Å². The first kappa shape index (κ1) is 18.9. The molecular weight excluding hydrogens is 368 g/mol. The normalized spacial score (nSPS) is 14.8. The minimum Gasteiger partial charge on any atom is -0.289 e. The number of thiophene rings is 1. The van der Waals surface area contributed by atoms with Crippen molar-refractivity contribution in [2.45, 2.75) is 23.5 Å². The van der Waals surface area contributed by atoms with Gasteiger partial charge in [0.1, 0.15) is 4.21 Å². The van der Waals surface area contributed by atoms with Crippen LogP contribution in [0.1, 0.15) is 19.3 Å². The van der Waals surface area contributed by atoms with Crippen LogP contribution in [0.3, 0.4) is 0 Å². The molecule has 0 atom stereocenters. The highest BCUT2D eigenvalue weighted by atomic mass is 32.2. The highest BCUT2D eigenvalue weighted by Crippen LogP contribution is 2.23. The van der Waals surface area contributed by atoms with Crippen molar-refractivity contribution >= 4 is 44.3 Å². The SMILES string of the molecule is O=C(CCN(CCC1=CC=CCC1=S)S(=O)(=O)c1cccs1)NO. The molecule has 2 N–H and O–H groups in total. The molecule has 0 saturated heterocycles. The number of hydrogen-bond acceptors (Lipinski definition) is 6. The number of amides is 1. The maximum atomic E-state index is 12.7. The quantitative estimate of drug-likeness (QED) is 0.407. The Bertz CT molecular complexity index is 752. The predicted octanol–water partition coefficient (Wildman–Crippen LogP) is 2.28. The first-order valence-corrected chi connectivity index (χ1v) is 10.0. The minimum atomic E-state index is -3.68. The van der Waals surface area contributed by atoms with Crippen LogP contribution in [0.2, 0.25) is 0 Å². The average molecular weight is 387 g/mol. The predicted molar refractivity (Wildman–Crippen MR) is 96.7 cm³/mol. The molecule has 1 amide bonds. The Morgan fingerprint density at radius 1 is 1.42 bits per heavy atom. The Balaban J connectivity index is 2.13. The van der Waals surface area contributed by atoms with Gasteiger partial charge in [-0.2, -0.15) is 4.31 Å². The molecule has 6 nitrogen and oxygen atoms in total. The van der Waals surface area contributed by atoms with Gasteiger partial charge in [0, 0.05) is 30.8 Å². The summed E-state index contributed by atoms with van der Waals surface area (Å²) in [4.78, 5) is 12.1. The topological polar surface area (TPSA) is 86.7 Å². The highest BCUT2D eigenvalue weighted by Gasteiger charge is 2.26. The molecule has 130 valence electrons. The van der Waals surface area contributed by atoms with Gasteiger partial charge in [0.2, 0.25) is 5.91 Å². The van der Waals surface area contributed by atoms with E-state index in [9.17, 15) is 13.2 Å². The van der Waals surface area contributed by atoms with Crippen molar-refractivity contribution < 1.29 is 18.4 Å². The Morgan fingerprint density at radius 3 is 2.83 bits per heavy atom. The number of carbonyl (C=O) groups excluding carboxylic acids is 1. The number of nitrogens with one attached hydrogen (secondary N) is 1. The van der Waals surface area contributed by atoms with Crippen LogP contribution in [-0.2, 0) is 14.8 Å². The smallest absolute Gasteiger partial charge is 0.252 e. The lowest BCUT2D eigenvalue weighted by Gasteiger charge is -2.22. The molecule has 0 spiro atoms. The molecule has 0 fully saturated rings. The third-order valence-corrected chi connectivity index (χ3v) is 7.23. The zero-order valence-electron chi connectivity index (χ0n) is 12.8. The van der Waals surface area contributed by atoms with Gasteiger partial charge in [0.25, 0.3) is 10.0 Å². The van der Waals surface area contributed by atoms with Crippen molar-refractivity contribution in [3.05, 3.63) is 41.3 Å². The van der Waals surface area contributed by atoms with Crippen molar-refractivity contribution in [2.24, 2.45) is 0 Å². The average Bonchev–Trinajstić information content (AvgIpc) is 3.11. The van der Waals surface area contributed by atoms with Gasteiger partial charge in [0.05, 0.1) is 0 Å². The van der Waals surface area contributed by atoms with E-state index >= 15 is 0 Å². The zero-order chi connectivity index (χ0) is 17.6. The summed E-state index contributed by atoms with van der Waals surface area (Å²) in [5.74, 6) is -0.628. The molecule has 0 radical (unpaired) electrons. The van der Waals surface area contributed by atoms with Gasteiger partial charge in [-0.25, -0.2) is 13.9 Å². The summed E-state index contributed by atoms with van der Waals surface area (Å²) in [6, 6.07) is 3.20. The molecule has 0 bridgehead atoms. The number of hydrogen-bond donors (Lipinski definition) is 2. The van der Waals surface area contributed by atoms with E-state index in [0.29, 0.717) is 12.8 Å². The van der Waals surface area contributed by atoms with Gasteiger partial charge in [-0.05, 0) is 23.4 Å². The molecular formula is C15H18N2O4S3. The van der Waals surface area contributed by atoms with Crippen molar-refractivity contribution in [1.29, 1.82) is 0 Å². The summed E-state index contributed by atoms with van der Waals surface area (Å²) in [5, 5.41) is 10.3. The van der Waals surface area contributed by atoms with Crippen LogP contribution in [-0.4, -0.2) is 41.8 Å². The molecule has 1 aromatic rings. The van der Waals surface area contributed by atoms with Gasteiger partial charge in [0.15, 0.2) is 0 Å². The number of sulfonamides is 1. The third-order valence-electron chi connectivity index (χ3n) is 3.53. The van der Waals surface area contributed by atoms with Crippen molar-refractivity contribution in [2.75, 3.05) is 13.1 Å². The number of hydroxylamine groups is 1. The van der Waals surface area contributed by atoms with E-state index in [2.05, 4.69) is 0 Å². The molecule has 1 heterocycles. The Kier molecular flexibility index (Phi) is 6.81. The molecule has 2 rings (SSSR count). The Hall–Kier alpha value is -1.39. The summed E-state index contributed by atoms with van der Waals surface area (Å²) >= 11 is 6.42. The van der Waals surface area contributed by atoms with E-state index in [1.807, 2.05) is 18.2 Å². The molecule has 1 aromatic heterocycles. The lowest BCUT2D eigenvalue weighted by atomic mass is 10.0. The fourth-order valence-electron chi connectivity index (χ4n) is 2.22. The number of rotatable bonds is 8. The van der Waals surface area contributed by atoms with Crippen molar-refractivity contribution in [1.82, 2.24) is 9.79 Å². The summed E-state index contributed by atoms with van der Waals surface area (Å²) in [6.07, 6.45) is 6.80. The fraction of sp³-hybridized carbons (Fsp3) is 0.333. The number of allylic oxidation sites excluding steroid dienone is 3. The number of nitrogens with zero attached hydrogens (tertiary/aromatic N) is 1. The summed E-state index contributed by atoms with van der Waals surface area (Å²) < 4.78 is 26.9. The second-order valence-corrected chi connectivity index (χ2v) is 8.72. The Morgan fingerprint density at radius 2 is 2.21 bits per heavy atom. The second kappa shape index (κ2) is 8.63. The maximum absolute atomic E-state index is 12.7. The van der Waals surface area contributed by atoms with Crippen LogP contribution in [0.25, 0.3) is 0 Å². The van der Waals surface area contributed by atoms with Gasteiger partial charge in [-0.1, -0.05) is 36.5 Å². The van der Waals surface area contributed by atoms with Crippen LogP contribution < -0.4 is 5.48 Å². The first-order valence-electron chi connectivity index (χ1n) is 7.30. The van der Waals surface area contributed by atoms with Crippen molar-refractivity contribution in [3.63, 3.8) is 0 Å². The summed E-state index contributed by atoms with van der Waals surface area (Å²) in [7, 11) is -3.68. The molecule has 9 heteroatoms. The van der Waals surface area contributed by atoms with Crippen molar-refractivity contribution in [3.8, 4) is 0 Å². The van der Waals surface area contributed by atoms with E-state index in [4.69, 9.17) is 17.4 Å². The van der Waals surface area contributed by atoms with Crippen LogP contribution in [0.15, 0.2) is 45.5 Å². The lowest BCUT2D eigenvalue weighted by molar-refractivity contribution is -0.129. The lowest BCUT2D eigenvalue weighted by Crippen LogP contribution is -2.35. The van der Waals surface area contributed by atoms with Gasteiger partial charge < -0.3 is 0 Å². The summed E-state index contributed by atoms with van der Waals surface area (Å²) in [5.41, 5.74) is 2.46. The second-order valence-electron chi connectivity index (χ2n) is 5.12. The first-order chi connectivity index (χ1) is 11.4. The van der Waals surface area contributed by atoms with Gasteiger partial charge >= 0.3 is 0 Å².